The van der Waals surface area contributed by atoms with Gasteiger partial charge in [0.2, 0.25) is 5.91 Å². The number of benzene rings is 2. The number of aromatic nitrogens is 1. The van der Waals surface area contributed by atoms with Gasteiger partial charge in [-0.05, 0) is 68.5 Å². The molecule has 2 aliphatic heterocycles. The lowest BCUT2D eigenvalue weighted by atomic mass is 9.93. The van der Waals surface area contributed by atoms with Gasteiger partial charge in [0.25, 0.3) is 0 Å². The summed E-state index contributed by atoms with van der Waals surface area (Å²) in [5.41, 5.74) is 3.96. The lowest BCUT2D eigenvalue weighted by Gasteiger charge is -2.32. The molecule has 10 heteroatoms. The van der Waals surface area contributed by atoms with Crippen LogP contribution in [0.15, 0.2) is 48.5 Å². The van der Waals surface area contributed by atoms with Gasteiger partial charge in [0, 0.05) is 47.8 Å². The zero-order chi connectivity index (χ0) is 30.5. The van der Waals surface area contributed by atoms with Crippen LogP contribution in [0.4, 0.5) is 0 Å². The van der Waals surface area contributed by atoms with Crippen molar-refractivity contribution in [3.8, 4) is 17.2 Å². The number of esters is 1. The average molecular weight is 611 g/mol. The number of nitrogens with zero attached hydrogens (tertiary/aromatic N) is 2. The summed E-state index contributed by atoms with van der Waals surface area (Å²) in [7, 11) is 3.18. The number of hydrogen-bond acceptors (Lipinski definition) is 7. The number of carbonyl (C=O) groups is 2. The molecular formula is C33H39ClN2O7. The summed E-state index contributed by atoms with van der Waals surface area (Å²) in [6.07, 6.45) is 1.60. The predicted molar refractivity (Wildman–Crippen MR) is 162 cm³/mol. The highest BCUT2D eigenvalue weighted by molar-refractivity contribution is 6.30. The van der Waals surface area contributed by atoms with Crippen molar-refractivity contribution < 1.29 is 33.6 Å². The molecule has 2 aliphatic rings. The maximum atomic E-state index is 13.4. The number of amides is 1. The largest absolute Gasteiger partial charge is 0.493 e. The van der Waals surface area contributed by atoms with Gasteiger partial charge in [-0.25, -0.2) is 0 Å². The van der Waals surface area contributed by atoms with Crippen LogP contribution in [-0.4, -0.2) is 60.4 Å². The van der Waals surface area contributed by atoms with E-state index in [0.717, 1.165) is 35.3 Å². The SMILES string of the molecule is CCOC(=O)CC1CCN(C(=O)CC[C@H]2O[C@H](c3cccc(OC)c3OC)c3cc(Cl)ccc3-n3c(CO)ccc32)CC1. The second-order valence-electron chi connectivity index (χ2n) is 10.9. The van der Waals surface area contributed by atoms with Crippen LogP contribution < -0.4 is 9.47 Å². The zero-order valence-corrected chi connectivity index (χ0v) is 25.6. The summed E-state index contributed by atoms with van der Waals surface area (Å²) in [5.74, 6) is 1.24. The highest BCUT2D eigenvalue weighted by atomic mass is 35.5. The molecule has 5 rings (SSSR count). The summed E-state index contributed by atoms with van der Waals surface area (Å²) in [5, 5.41) is 10.8. The first kappa shape index (κ1) is 30.9. The van der Waals surface area contributed by atoms with Crippen molar-refractivity contribution in [3.05, 3.63) is 76.1 Å². The summed E-state index contributed by atoms with van der Waals surface area (Å²) >= 11 is 6.52. The first-order valence-corrected chi connectivity index (χ1v) is 15.2. The number of para-hydroxylation sites is 1. The second kappa shape index (κ2) is 13.8. The summed E-state index contributed by atoms with van der Waals surface area (Å²) in [6.45, 7) is 3.26. The number of piperidine rings is 1. The molecule has 9 nitrogen and oxygen atoms in total. The van der Waals surface area contributed by atoms with Crippen molar-refractivity contribution in [1.82, 2.24) is 9.47 Å². The molecule has 3 heterocycles. The first-order valence-electron chi connectivity index (χ1n) is 14.8. The van der Waals surface area contributed by atoms with E-state index in [1.54, 1.807) is 14.2 Å². The van der Waals surface area contributed by atoms with Gasteiger partial charge < -0.3 is 33.5 Å². The first-order chi connectivity index (χ1) is 20.9. The van der Waals surface area contributed by atoms with E-state index in [2.05, 4.69) is 0 Å². The van der Waals surface area contributed by atoms with Crippen molar-refractivity contribution in [2.75, 3.05) is 33.9 Å². The molecule has 43 heavy (non-hydrogen) atoms. The smallest absolute Gasteiger partial charge is 0.306 e. The number of hydrogen-bond donors (Lipinski definition) is 1. The van der Waals surface area contributed by atoms with Gasteiger partial charge in [-0.3, -0.25) is 9.59 Å². The van der Waals surface area contributed by atoms with Crippen molar-refractivity contribution in [3.63, 3.8) is 0 Å². The number of rotatable bonds is 10. The van der Waals surface area contributed by atoms with Crippen molar-refractivity contribution in [1.29, 1.82) is 0 Å². The van der Waals surface area contributed by atoms with Crippen LogP contribution in [0.1, 0.15) is 73.8 Å². The molecule has 230 valence electrons. The topological polar surface area (TPSA) is 99.5 Å². The van der Waals surface area contributed by atoms with E-state index >= 15 is 0 Å². The maximum Gasteiger partial charge on any atom is 0.306 e. The number of carbonyl (C=O) groups excluding carboxylic acids is 2. The van der Waals surface area contributed by atoms with Crippen LogP contribution in [0, 0.1) is 5.92 Å². The molecular weight excluding hydrogens is 572 g/mol. The lowest BCUT2D eigenvalue weighted by molar-refractivity contribution is -0.144. The Hall–Kier alpha value is -3.53. The lowest BCUT2D eigenvalue weighted by Crippen LogP contribution is -2.39. The Morgan fingerprint density at radius 3 is 2.53 bits per heavy atom. The molecule has 0 unspecified atom stereocenters. The fraction of sp³-hybridized carbons (Fsp3) is 0.455. The second-order valence-corrected chi connectivity index (χ2v) is 11.3. The van der Waals surface area contributed by atoms with E-state index in [-0.39, 0.29) is 30.8 Å². The van der Waals surface area contributed by atoms with Crippen molar-refractivity contribution >= 4 is 23.5 Å². The number of methoxy groups -OCH3 is 2. The van der Waals surface area contributed by atoms with E-state index in [0.29, 0.717) is 54.8 Å². The highest BCUT2D eigenvalue weighted by Gasteiger charge is 2.35. The van der Waals surface area contributed by atoms with Crippen LogP contribution >= 0.6 is 11.6 Å². The molecule has 3 aromatic rings. The fourth-order valence-electron chi connectivity index (χ4n) is 6.24. The maximum absolute atomic E-state index is 13.4. The van der Waals surface area contributed by atoms with E-state index in [9.17, 15) is 14.7 Å². The summed E-state index contributed by atoms with van der Waals surface area (Å²) in [4.78, 5) is 27.2. The number of likely N-dealkylation sites (tertiary alicyclic amines) is 1. The van der Waals surface area contributed by atoms with E-state index < -0.39 is 12.2 Å². The quantitative estimate of drug-likeness (QED) is 0.291. The monoisotopic (exact) mass is 610 g/mol. The van der Waals surface area contributed by atoms with E-state index in [1.165, 1.54) is 0 Å². The molecule has 1 fully saturated rings. The minimum atomic E-state index is -0.594. The third-order valence-electron chi connectivity index (χ3n) is 8.36. The third-order valence-corrected chi connectivity index (χ3v) is 8.60. The Morgan fingerprint density at radius 1 is 1.05 bits per heavy atom. The highest BCUT2D eigenvalue weighted by Crippen LogP contribution is 2.47. The van der Waals surface area contributed by atoms with Crippen LogP contribution in [0.25, 0.3) is 5.69 Å². The molecule has 1 aromatic heterocycles. The Kier molecular flexibility index (Phi) is 9.95. The van der Waals surface area contributed by atoms with Gasteiger partial charge in [0.15, 0.2) is 11.5 Å². The van der Waals surface area contributed by atoms with Gasteiger partial charge >= 0.3 is 5.97 Å². The van der Waals surface area contributed by atoms with Gasteiger partial charge in [-0.2, -0.15) is 0 Å². The van der Waals surface area contributed by atoms with Crippen molar-refractivity contribution in [2.45, 2.75) is 57.8 Å². The number of ether oxygens (including phenoxy) is 4. The Labute approximate surface area is 257 Å². The standard InChI is InChI=1S/C33H39ClN2O7/c1-4-42-31(39)18-21-14-16-35(17-15-21)30(38)13-12-28-27-11-9-23(20-37)36(27)26-10-8-22(34)19-25(26)32(43-28)24-6-5-7-29(40-2)33(24)41-3/h5-11,19,21,28,32,37H,4,12-18,20H2,1-3H3/t28-,32-/m1/s1. The molecule has 1 saturated heterocycles. The molecule has 0 aliphatic carbocycles. The van der Waals surface area contributed by atoms with Gasteiger partial charge in [0.05, 0.1) is 44.9 Å². The third kappa shape index (κ3) is 6.54. The number of aliphatic hydroxyl groups excluding tert-OH is 1. The fourth-order valence-corrected chi connectivity index (χ4v) is 6.42. The number of fused-ring (bicyclic) bond motifs is 3. The zero-order valence-electron chi connectivity index (χ0n) is 24.9. The van der Waals surface area contributed by atoms with Crippen LogP contribution in [-0.2, 0) is 25.7 Å². The van der Waals surface area contributed by atoms with E-state index in [4.69, 9.17) is 30.5 Å². The number of aliphatic hydroxyl groups is 1. The normalized spacial score (nSPS) is 18.4. The molecule has 0 spiro atoms. The van der Waals surface area contributed by atoms with Gasteiger partial charge in [-0.15, -0.1) is 0 Å². The van der Waals surface area contributed by atoms with Crippen LogP contribution in [0.2, 0.25) is 5.02 Å². The molecule has 1 N–H and O–H groups in total. The number of halogens is 1. The molecule has 0 bridgehead atoms. The summed E-state index contributed by atoms with van der Waals surface area (Å²) in [6, 6.07) is 15.1. The average Bonchev–Trinajstić information content (AvgIpc) is 3.39. The minimum absolute atomic E-state index is 0.0546. The molecule has 0 saturated carbocycles. The molecule has 1 amide bonds. The van der Waals surface area contributed by atoms with E-state index in [1.807, 2.05) is 64.9 Å². The molecule has 0 radical (unpaired) electrons. The van der Waals surface area contributed by atoms with Gasteiger partial charge in [0.1, 0.15) is 6.10 Å². The minimum Gasteiger partial charge on any atom is -0.493 e. The molecule has 2 atom stereocenters. The van der Waals surface area contributed by atoms with Gasteiger partial charge in [-0.1, -0.05) is 23.7 Å². The predicted octanol–water partition coefficient (Wildman–Crippen LogP) is 5.77. The molecule has 2 aromatic carbocycles. The van der Waals surface area contributed by atoms with Crippen LogP contribution in [0.3, 0.4) is 0 Å². The van der Waals surface area contributed by atoms with Crippen LogP contribution in [0.5, 0.6) is 11.5 Å². The Balaban J connectivity index is 1.42. The van der Waals surface area contributed by atoms with Crippen molar-refractivity contribution in [2.24, 2.45) is 5.92 Å². The Bertz CT molecular complexity index is 1450. The summed E-state index contributed by atoms with van der Waals surface area (Å²) < 4.78 is 25.4. The Morgan fingerprint density at radius 2 is 1.84 bits per heavy atom.